The number of nitrogens with zero attached hydrogens (tertiary/aromatic N) is 5. The number of rotatable bonds is 5. The van der Waals surface area contributed by atoms with Gasteiger partial charge in [0, 0.05) is 13.2 Å². The van der Waals surface area contributed by atoms with Crippen LogP contribution in [0.1, 0.15) is 5.69 Å². The maximum Gasteiger partial charge on any atom is 0.163 e. The summed E-state index contributed by atoms with van der Waals surface area (Å²) in [7, 11) is 1.81. The lowest BCUT2D eigenvalue weighted by atomic mass is 10.2. The maximum atomic E-state index is 9.10. The number of nitrogens with one attached hydrogen (secondary N) is 1. The van der Waals surface area contributed by atoms with Crippen molar-refractivity contribution >= 4 is 5.69 Å². The van der Waals surface area contributed by atoms with Crippen LogP contribution in [-0.2, 0) is 13.7 Å². The molecule has 1 heterocycles. The Bertz CT molecular complexity index is 844. The number of allylic oxidation sites excluding steroid dienone is 2. The van der Waals surface area contributed by atoms with Crippen LogP contribution in [0.5, 0.6) is 5.75 Å². The Labute approximate surface area is 133 Å². The van der Waals surface area contributed by atoms with E-state index in [-0.39, 0.29) is 11.3 Å². The Morgan fingerprint density at radius 3 is 2.52 bits per heavy atom. The summed E-state index contributed by atoms with van der Waals surface area (Å²) in [6.45, 7) is 0.296. The fraction of sp³-hybridized carbons (Fsp3) is 0.125. The van der Waals surface area contributed by atoms with Gasteiger partial charge in [-0.1, -0.05) is 12.1 Å². The van der Waals surface area contributed by atoms with Crippen molar-refractivity contribution < 1.29 is 4.74 Å². The van der Waals surface area contributed by atoms with E-state index in [1.807, 2.05) is 19.2 Å². The highest BCUT2D eigenvalue weighted by Gasteiger charge is 2.10. The van der Waals surface area contributed by atoms with Crippen molar-refractivity contribution in [1.82, 2.24) is 9.78 Å². The summed E-state index contributed by atoms with van der Waals surface area (Å²) >= 11 is 0. The van der Waals surface area contributed by atoms with Crippen LogP contribution in [0, 0.1) is 34.0 Å². The molecule has 112 valence electrons. The van der Waals surface area contributed by atoms with E-state index in [0.29, 0.717) is 18.0 Å². The van der Waals surface area contributed by atoms with Gasteiger partial charge in [-0.25, -0.2) is 0 Å². The highest BCUT2D eigenvalue weighted by atomic mass is 16.5. The van der Waals surface area contributed by atoms with Gasteiger partial charge >= 0.3 is 0 Å². The van der Waals surface area contributed by atoms with Crippen molar-refractivity contribution in [2.45, 2.75) is 6.61 Å². The number of anilines is 1. The minimum atomic E-state index is -0.283. The Kier molecular flexibility index (Phi) is 4.96. The van der Waals surface area contributed by atoms with Crippen LogP contribution in [-0.4, -0.2) is 9.78 Å². The molecule has 0 bridgehead atoms. The van der Waals surface area contributed by atoms with Gasteiger partial charge in [-0.3, -0.25) is 4.68 Å². The van der Waals surface area contributed by atoms with E-state index in [4.69, 9.17) is 20.5 Å². The molecule has 0 radical (unpaired) electrons. The third-order valence-corrected chi connectivity index (χ3v) is 3.03. The average Bonchev–Trinajstić information content (AvgIpc) is 2.99. The normalized spacial score (nSPS) is 9.13. The second-order valence-electron chi connectivity index (χ2n) is 4.44. The predicted octanol–water partition coefficient (Wildman–Crippen LogP) is 2.24. The van der Waals surface area contributed by atoms with Gasteiger partial charge in [-0.05, 0) is 18.2 Å². The van der Waals surface area contributed by atoms with Crippen molar-refractivity contribution in [3.05, 3.63) is 53.5 Å². The standard InChI is InChI=1S/C16H12N6O/c1-22-13(6-7-20-22)11-23-16-5-3-2-4-14(16)21-15(10-19)12(8-17)9-18/h2-7,21H,11H2,1H3. The van der Waals surface area contributed by atoms with Gasteiger partial charge in [0.2, 0.25) is 0 Å². The minimum absolute atomic E-state index is 0.119. The quantitative estimate of drug-likeness (QED) is 0.848. The molecule has 0 aliphatic heterocycles. The van der Waals surface area contributed by atoms with Crippen LogP contribution >= 0.6 is 0 Å². The molecule has 0 aliphatic rings. The molecular formula is C16H12N6O. The SMILES string of the molecule is Cn1nccc1COc1ccccc1NC(C#N)=C(C#N)C#N. The fourth-order valence-electron chi connectivity index (χ4n) is 1.81. The maximum absolute atomic E-state index is 9.10. The summed E-state index contributed by atoms with van der Waals surface area (Å²) < 4.78 is 7.43. The van der Waals surface area contributed by atoms with Crippen LogP contribution in [0.3, 0.4) is 0 Å². The fourth-order valence-corrected chi connectivity index (χ4v) is 1.81. The number of nitriles is 3. The lowest BCUT2D eigenvalue weighted by Gasteiger charge is -2.12. The summed E-state index contributed by atoms with van der Waals surface area (Å²) in [5, 5.41) is 33.7. The molecule has 0 amide bonds. The van der Waals surface area contributed by atoms with E-state index in [1.165, 1.54) is 0 Å². The molecule has 0 spiro atoms. The van der Waals surface area contributed by atoms with Gasteiger partial charge in [0.15, 0.2) is 5.57 Å². The third kappa shape index (κ3) is 3.66. The van der Waals surface area contributed by atoms with E-state index in [2.05, 4.69) is 10.4 Å². The highest BCUT2D eigenvalue weighted by molar-refractivity contribution is 5.64. The molecule has 1 aromatic carbocycles. The summed E-state index contributed by atoms with van der Waals surface area (Å²) in [6, 6.07) is 14.0. The first-order valence-corrected chi connectivity index (χ1v) is 6.60. The first-order valence-electron chi connectivity index (χ1n) is 6.60. The van der Waals surface area contributed by atoms with Crippen LogP contribution in [0.15, 0.2) is 47.8 Å². The lowest BCUT2D eigenvalue weighted by Crippen LogP contribution is -2.06. The Hall–Kier alpha value is -3.76. The van der Waals surface area contributed by atoms with Gasteiger partial charge in [0.1, 0.15) is 36.3 Å². The number of hydrogen-bond donors (Lipinski definition) is 1. The van der Waals surface area contributed by atoms with Crippen molar-refractivity contribution in [3.8, 4) is 24.0 Å². The molecule has 0 saturated carbocycles. The van der Waals surface area contributed by atoms with Crippen LogP contribution in [0.25, 0.3) is 0 Å². The smallest absolute Gasteiger partial charge is 0.163 e. The van der Waals surface area contributed by atoms with Crippen molar-refractivity contribution in [1.29, 1.82) is 15.8 Å². The number of para-hydroxylation sites is 2. The molecule has 0 saturated heterocycles. The van der Waals surface area contributed by atoms with E-state index >= 15 is 0 Å². The molecular weight excluding hydrogens is 292 g/mol. The molecule has 1 aromatic heterocycles. The largest absolute Gasteiger partial charge is 0.485 e. The molecule has 0 unspecified atom stereocenters. The number of hydrogen-bond acceptors (Lipinski definition) is 6. The average molecular weight is 304 g/mol. The van der Waals surface area contributed by atoms with Crippen LogP contribution in [0.4, 0.5) is 5.69 Å². The van der Waals surface area contributed by atoms with Gasteiger partial charge in [-0.2, -0.15) is 20.9 Å². The first kappa shape index (κ1) is 15.6. The lowest BCUT2D eigenvalue weighted by molar-refractivity contribution is 0.296. The van der Waals surface area contributed by atoms with Crippen molar-refractivity contribution in [3.63, 3.8) is 0 Å². The van der Waals surface area contributed by atoms with Gasteiger partial charge < -0.3 is 10.1 Å². The summed E-state index contributed by atoms with van der Waals surface area (Å²) in [6.07, 6.45) is 1.67. The Morgan fingerprint density at radius 1 is 1.17 bits per heavy atom. The summed E-state index contributed by atoms with van der Waals surface area (Å²) in [5.74, 6) is 0.497. The number of ether oxygens (including phenoxy) is 1. The number of aryl methyl sites for hydroxylation is 1. The minimum Gasteiger partial charge on any atom is -0.485 e. The molecule has 7 heteroatoms. The topological polar surface area (TPSA) is 110 Å². The first-order chi connectivity index (χ1) is 11.2. The third-order valence-electron chi connectivity index (χ3n) is 3.03. The zero-order valence-electron chi connectivity index (χ0n) is 12.3. The van der Waals surface area contributed by atoms with Crippen LogP contribution in [0.2, 0.25) is 0 Å². The van der Waals surface area contributed by atoms with Gasteiger partial charge in [0.05, 0.1) is 11.4 Å². The van der Waals surface area contributed by atoms with E-state index < -0.39 is 0 Å². The van der Waals surface area contributed by atoms with Crippen molar-refractivity contribution in [2.75, 3.05) is 5.32 Å². The highest BCUT2D eigenvalue weighted by Crippen LogP contribution is 2.26. The predicted molar refractivity (Wildman–Crippen MR) is 81.5 cm³/mol. The van der Waals surface area contributed by atoms with E-state index in [9.17, 15) is 0 Å². The number of aromatic nitrogens is 2. The molecule has 7 nitrogen and oxygen atoms in total. The molecule has 0 fully saturated rings. The van der Waals surface area contributed by atoms with E-state index in [1.54, 1.807) is 47.3 Å². The van der Waals surface area contributed by atoms with Gasteiger partial charge in [-0.15, -0.1) is 0 Å². The Balaban J connectivity index is 2.23. The second kappa shape index (κ2) is 7.31. The number of benzene rings is 1. The Morgan fingerprint density at radius 2 is 1.91 bits per heavy atom. The zero-order chi connectivity index (χ0) is 16.7. The van der Waals surface area contributed by atoms with Gasteiger partial charge in [0.25, 0.3) is 0 Å². The molecule has 0 aliphatic carbocycles. The molecule has 1 N–H and O–H groups in total. The molecule has 0 atom stereocenters. The zero-order valence-corrected chi connectivity index (χ0v) is 12.3. The summed E-state index contributed by atoms with van der Waals surface area (Å²) in [4.78, 5) is 0. The molecule has 2 aromatic rings. The monoisotopic (exact) mass is 304 g/mol. The molecule has 23 heavy (non-hydrogen) atoms. The van der Waals surface area contributed by atoms with Crippen LogP contribution < -0.4 is 10.1 Å². The molecule has 2 rings (SSSR count). The second-order valence-corrected chi connectivity index (χ2v) is 4.44. The summed E-state index contributed by atoms with van der Waals surface area (Å²) in [5.41, 5.74) is 0.973. The van der Waals surface area contributed by atoms with Crippen molar-refractivity contribution in [2.24, 2.45) is 7.05 Å². The van der Waals surface area contributed by atoms with E-state index in [0.717, 1.165) is 5.69 Å².